The molecule has 1 saturated carbocycles. The number of ether oxygens (including phenoxy) is 1. The highest BCUT2D eigenvalue weighted by Gasteiger charge is 2.39. The molecule has 1 aliphatic heterocycles. The van der Waals surface area contributed by atoms with Crippen molar-refractivity contribution in [2.24, 2.45) is 0 Å². The van der Waals surface area contributed by atoms with Gasteiger partial charge < -0.3 is 9.64 Å². The van der Waals surface area contributed by atoms with Crippen molar-refractivity contribution in [2.45, 2.75) is 43.9 Å². The molecule has 2 atom stereocenters. The zero-order valence-corrected chi connectivity index (χ0v) is 14.7. The zero-order valence-electron chi connectivity index (χ0n) is 14.7. The topological polar surface area (TPSA) is 66.5 Å². The Morgan fingerprint density at radius 1 is 1.12 bits per heavy atom. The van der Waals surface area contributed by atoms with E-state index in [0.29, 0.717) is 19.2 Å². The minimum Gasteiger partial charge on any atom is -0.492 e. The highest BCUT2D eigenvalue weighted by molar-refractivity contribution is 5.82. The average Bonchev–Trinajstić information content (AvgIpc) is 3.42. The van der Waals surface area contributed by atoms with Crippen molar-refractivity contribution in [1.82, 2.24) is 20.7 Å². The first-order valence-corrected chi connectivity index (χ1v) is 9.19. The van der Waals surface area contributed by atoms with Crippen LogP contribution in [-0.4, -0.2) is 40.5 Å². The monoisotopic (exact) mass is 352 g/mol. The van der Waals surface area contributed by atoms with Gasteiger partial charge >= 0.3 is 0 Å². The van der Waals surface area contributed by atoms with Crippen molar-refractivity contribution in [2.75, 3.05) is 6.61 Å². The van der Waals surface area contributed by atoms with Crippen LogP contribution in [0.5, 0.6) is 5.75 Å². The number of hydrazine groups is 1. The van der Waals surface area contributed by atoms with Crippen molar-refractivity contribution in [1.29, 1.82) is 0 Å². The minimum absolute atomic E-state index is 0.111. The van der Waals surface area contributed by atoms with Crippen molar-refractivity contribution < 1.29 is 9.53 Å². The number of para-hydroxylation sites is 1. The molecule has 2 fully saturated rings. The average molecular weight is 352 g/mol. The fourth-order valence-corrected chi connectivity index (χ4v) is 3.25. The van der Waals surface area contributed by atoms with Crippen LogP contribution in [0, 0.1) is 0 Å². The van der Waals surface area contributed by atoms with E-state index in [1.807, 2.05) is 53.4 Å². The van der Waals surface area contributed by atoms with Crippen LogP contribution < -0.4 is 15.6 Å². The third kappa shape index (κ3) is 4.20. The molecular weight excluding hydrogens is 328 g/mol. The number of aromatic nitrogens is 1. The molecule has 2 N–H and O–H groups in total. The molecule has 26 heavy (non-hydrogen) atoms. The zero-order chi connectivity index (χ0) is 17.8. The molecule has 0 radical (unpaired) electrons. The first-order chi connectivity index (χ1) is 12.8. The van der Waals surface area contributed by atoms with E-state index in [1.54, 1.807) is 6.20 Å². The molecule has 1 amide bonds. The second-order valence-electron chi connectivity index (χ2n) is 6.92. The van der Waals surface area contributed by atoms with Crippen LogP contribution in [0.3, 0.4) is 0 Å². The molecule has 0 spiro atoms. The molecule has 1 saturated heterocycles. The smallest absolute Gasteiger partial charge is 0.241 e. The standard InChI is InChI=1S/C20H24N4O2/c25-20(24(17-9-10-17)13-15-6-4-5-11-21-15)19-12-16(22-23-19)14-26-18-7-2-1-3-8-18/h1-8,11,16-17,19,22-23H,9-10,12-14H2. The summed E-state index contributed by atoms with van der Waals surface area (Å²) in [6, 6.07) is 15.8. The molecular formula is C20H24N4O2. The number of rotatable bonds is 7. The lowest BCUT2D eigenvalue weighted by Gasteiger charge is -2.25. The normalized spacial score (nSPS) is 22.2. The Morgan fingerprint density at radius 3 is 2.65 bits per heavy atom. The van der Waals surface area contributed by atoms with E-state index < -0.39 is 0 Å². The Morgan fingerprint density at radius 2 is 1.92 bits per heavy atom. The quantitative estimate of drug-likeness (QED) is 0.797. The van der Waals surface area contributed by atoms with Gasteiger partial charge in [-0.3, -0.25) is 15.2 Å². The van der Waals surface area contributed by atoms with Gasteiger partial charge in [-0.15, -0.1) is 0 Å². The van der Waals surface area contributed by atoms with E-state index in [2.05, 4.69) is 15.8 Å². The number of carbonyl (C=O) groups excluding carboxylic acids is 1. The molecule has 1 aliphatic carbocycles. The second kappa shape index (κ2) is 7.85. The van der Waals surface area contributed by atoms with Gasteiger partial charge in [0, 0.05) is 12.2 Å². The lowest BCUT2D eigenvalue weighted by molar-refractivity contribution is -0.134. The highest BCUT2D eigenvalue weighted by atomic mass is 16.5. The van der Waals surface area contributed by atoms with E-state index in [9.17, 15) is 4.79 Å². The highest BCUT2D eigenvalue weighted by Crippen LogP contribution is 2.29. The summed E-state index contributed by atoms with van der Waals surface area (Å²) < 4.78 is 5.80. The van der Waals surface area contributed by atoms with E-state index in [0.717, 1.165) is 30.7 Å². The molecule has 4 rings (SSSR count). The van der Waals surface area contributed by atoms with Gasteiger partial charge in [0.05, 0.1) is 18.3 Å². The summed E-state index contributed by atoms with van der Waals surface area (Å²) in [7, 11) is 0. The maximum absolute atomic E-state index is 13.0. The van der Waals surface area contributed by atoms with E-state index in [1.165, 1.54) is 0 Å². The molecule has 1 aromatic carbocycles. The van der Waals surface area contributed by atoms with Gasteiger partial charge in [-0.2, -0.15) is 0 Å². The molecule has 136 valence electrons. The number of hydrogen-bond donors (Lipinski definition) is 2. The Balaban J connectivity index is 1.32. The van der Waals surface area contributed by atoms with E-state index in [4.69, 9.17) is 4.74 Å². The molecule has 2 heterocycles. The van der Waals surface area contributed by atoms with Crippen LogP contribution in [0.1, 0.15) is 25.0 Å². The molecule has 2 unspecified atom stereocenters. The number of nitrogens with zero attached hydrogens (tertiary/aromatic N) is 2. The van der Waals surface area contributed by atoms with Crippen LogP contribution in [0.2, 0.25) is 0 Å². The fraction of sp³-hybridized carbons (Fsp3) is 0.400. The molecule has 2 aromatic rings. The number of carbonyl (C=O) groups is 1. The van der Waals surface area contributed by atoms with Crippen molar-refractivity contribution in [3.63, 3.8) is 0 Å². The maximum atomic E-state index is 13.0. The number of nitrogens with one attached hydrogen (secondary N) is 2. The summed E-state index contributed by atoms with van der Waals surface area (Å²) in [5.41, 5.74) is 7.28. The first-order valence-electron chi connectivity index (χ1n) is 9.19. The van der Waals surface area contributed by atoms with Crippen LogP contribution in [-0.2, 0) is 11.3 Å². The molecule has 2 aliphatic rings. The van der Waals surface area contributed by atoms with E-state index >= 15 is 0 Å². The van der Waals surface area contributed by atoms with Crippen molar-refractivity contribution in [3.05, 3.63) is 60.4 Å². The number of hydrogen-bond acceptors (Lipinski definition) is 5. The lowest BCUT2D eigenvalue weighted by Crippen LogP contribution is -2.46. The predicted molar refractivity (Wildman–Crippen MR) is 98.2 cm³/mol. The Kier molecular flexibility index (Phi) is 5.13. The summed E-state index contributed by atoms with van der Waals surface area (Å²) in [5.74, 6) is 0.992. The van der Waals surface area contributed by atoms with Gasteiger partial charge in [0.2, 0.25) is 5.91 Å². The van der Waals surface area contributed by atoms with Crippen LogP contribution in [0.25, 0.3) is 0 Å². The summed E-state index contributed by atoms with van der Waals surface area (Å²) in [5, 5.41) is 0. The lowest BCUT2D eigenvalue weighted by atomic mass is 10.1. The molecule has 1 aromatic heterocycles. The fourth-order valence-electron chi connectivity index (χ4n) is 3.25. The van der Waals surface area contributed by atoms with Gasteiger partial charge in [0.15, 0.2) is 0 Å². The van der Waals surface area contributed by atoms with Gasteiger partial charge in [-0.05, 0) is 43.5 Å². The summed E-state index contributed by atoms with van der Waals surface area (Å²) in [6.45, 7) is 1.11. The van der Waals surface area contributed by atoms with Crippen LogP contribution in [0.4, 0.5) is 0 Å². The van der Waals surface area contributed by atoms with Crippen molar-refractivity contribution in [3.8, 4) is 5.75 Å². The Hall–Kier alpha value is -2.44. The van der Waals surface area contributed by atoms with Crippen LogP contribution in [0.15, 0.2) is 54.7 Å². The van der Waals surface area contributed by atoms with Crippen LogP contribution >= 0.6 is 0 Å². The minimum atomic E-state index is -0.219. The number of pyridine rings is 1. The third-order valence-electron chi connectivity index (χ3n) is 4.80. The Labute approximate surface area is 153 Å². The third-order valence-corrected chi connectivity index (χ3v) is 4.80. The molecule has 6 heteroatoms. The van der Waals surface area contributed by atoms with Gasteiger partial charge in [0.25, 0.3) is 0 Å². The molecule has 6 nitrogen and oxygen atoms in total. The molecule has 0 bridgehead atoms. The number of amides is 1. The van der Waals surface area contributed by atoms with E-state index in [-0.39, 0.29) is 18.0 Å². The van der Waals surface area contributed by atoms with Gasteiger partial charge in [0.1, 0.15) is 18.4 Å². The van der Waals surface area contributed by atoms with Gasteiger partial charge in [-0.25, -0.2) is 5.43 Å². The second-order valence-corrected chi connectivity index (χ2v) is 6.92. The summed E-state index contributed by atoms with van der Waals surface area (Å²) in [6.07, 6.45) is 4.66. The summed E-state index contributed by atoms with van der Waals surface area (Å²) in [4.78, 5) is 19.3. The van der Waals surface area contributed by atoms with Gasteiger partial charge in [-0.1, -0.05) is 24.3 Å². The predicted octanol–water partition coefficient (Wildman–Crippen LogP) is 1.89. The first kappa shape index (κ1) is 17.0. The largest absolute Gasteiger partial charge is 0.492 e. The van der Waals surface area contributed by atoms with Crippen molar-refractivity contribution >= 4 is 5.91 Å². The summed E-state index contributed by atoms with van der Waals surface area (Å²) >= 11 is 0. The number of benzene rings is 1. The Bertz CT molecular complexity index is 721. The SMILES string of the molecule is O=C(C1CC(COc2ccccc2)NN1)N(Cc1ccccn1)C1CC1. The maximum Gasteiger partial charge on any atom is 0.241 e.